The fraction of sp³-hybridized carbons (Fsp3) is 0.857. The summed E-state index contributed by atoms with van der Waals surface area (Å²) in [5, 5.41) is 12.1. The summed E-state index contributed by atoms with van der Waals surface area (Å²) in [7, 11) is 0. The maximum Gasteiger partial charge on any atom is 0.280 e. The van der Waals surface area contributed by atoms with E-state index in [1.165, 1.54) is 0 Å². The van der Waals surface area contributed by atoms with E-state index in [0.29, 0.717) is 0 Å². The topological polar surface area (TPSA) is 49.3 Å². The summed E-state index contributed by atoms with van der Waals surface area (Å²) in [6.07, 6.45) is 3.59. The van der Waals surface area contributed by atoms with Crippen LogP contribution in [0.15, 0.2) is 0 Å². The number of carbonyl (C=O) groups excluding carboxylic acids is 1. The third-order valence-electron chi connectivity index (χ3n) is 2.03. The van der Waals surface area contributed by atoms with Crippen molar-refractivity contribution < 1.29 is 9.90 Å². The maximum atomic E-state index is 10.6. The van der Waals surface area contributed by atoms with Crippen molar-refractivity contribution in [2.24, 2.45) is 0 Å². The predicted octanol–water partition coefficient (Wildman–Crippen LogP) is 1.43. The van der Waals surface area contributed by atoms with Crippen molar-refractivity contribution in [3.05, 3.63) is 0 Å². The lowest BCUT2D eigenvalue weighted by molar-refractivity contribution is 0.0968. The minimum Gasteiger partial charge on any atom is -0.391 e. The van der Waals surface area contributed by atoms with Crippen molar-refractivity contribution >= 4 is 26.5 Å². The van der Waals surface area contributed by atoms with Crippen molar-refractivity contribution in [3.8, 4) is 0 Å². The third kappa shape index (κ3) is 2.94. The molecule has 0 aromatic rings. The van der Waals surface area contributed by atoms with Crippen molar-refractivity contribution in [2.45, 2.75) is 37.8 Å². The molecular formula is C7H12INO2. The summed E-state index contributed by atoms with van der Waals surface area (Å²) in [4.78, 5) is 10.6. The molecule has 1 saturated carbocycles. The monoisotopic (exact) mass is 269 g/mol. The van der Waals surface area contributed by atoms with Gasteiger partial charge in [0.25, 0.3) is 3.91 Å². The van der Waals surface area contributed by atoms with Gasteiger partial charge in [-0.25, -0.2) is 0 Å². The molecule has 0 saturated heterocycles. The first-order chi connectivity index (χ1) is 5.20. The largest absolute Gasteiger partial charge is 0.391 e. The third-order valence-corrected chi connectivity index (χ3v) is 2.34. The summed E-state index contributed by atoms with van der Waals surface area (Å²) in [6, 6.07) is -0.00634. The van der Waals surface area contributed by atoms with Crippen LogP contribution >= 0.6 is 22.6 Å². The molecule has 1 fully saturated rings. The van der Waals surface area contributed by atoms with Crippen LogP contribution in [0.5, 0.6) is 0 Å². The lowest BCUT2D eigenvalue weighted by atomic mass is 9.93. The molecule has 0 unspecified atom stereocenters. The zero-order valence-corrected chi connectivity index (χ0v) is 8.37. The van der Waals surface area contributed by atoms with Gasteiger partial charge in [-0.05, 0) is 12.8 Å². The van der Waals surface area contributed by atoms with Gasteiger partial charge in [0.2, 0.25) is 0 Å². The molecule has 0 spiro atoms. The van der Waals surface area contributed by atoms with Crippen LogP contribution in [0.1, 0.15) is 25.7 Å². The zero-order valence-electron chi connectivity index (χ0n) is 6.22. The van der Waals surface area contributed by atoms with Crippen molar-refractivity contribution in [1.82, 2.24) is 5.32 Å². The smallest absolute Gasteiger partial charge is 0.280 e. The van der Waals surface area contributed by atoms with E-state index in [9.17, 15) is 9.90 Å². The highest BCUT2D eigenvalue weighted by molar-refractivity contribution is 14.1. The number of rotatable bonds is 1. The van der Waals surface area contributed by atoms with Crippen LogP contribution in [-0.4, -0.2) is 21.2 Å². The van der Waals surface area contributed by atoms with Gasteiger partial charge >= 0.3 is 0 Å². The van der Waals surface area contributed by atoms with E-state index < -0.39 is 0 Å². The van der Waals surface area contributed by atoms with E-state index in [1.807, 2.05) is 0 Å². The number of hydrogen-bond donors (Lipinski definition) is 2. The zero-order chi connectivity index (χ0) is 8.27. The first-order valence-electron chi connectivity index (χ1n) is 3.84. The minimum absolute atomic E-state index is 0.00634. The van der Waals surface area contributed by atoms with Crippen LogP contribution in [0.4, 0.5) is 4.79 Å². The van der Waals surface area contributed by atoms with E-state index in [0.717, 1.165) is 25.7 Å². The molecule has 4 heteroatoms. The average Bonchev–Trinajstić information content (AvgIpc) is 1.93. The second kappa shape index (κ2) is 4.25. The fourth-order valence-electron chi connectivity index (χ4n) is 1.43. The normalized spacial score (nSPS) is 31.5. The number of halogens is 1. The van der Waals surface area contributed by atoms with Gasteiger partial charge in [0.1, 0.15) is 0 Å². The van der Waals surface area contributed by atoms with E-state index in [1.54, 1.807) is 22.6 Å². The molecule has 1 rings (SSSR count). The number of nitrogens with one attached hydrogen (secondary N) is 1. The highest BCUT2D eigenvalue weighted by atomic mass is 127. The van der Waals surface area contributed by atoms with Gasteiger partial charge in [0.05, 0.1) is 12.1 Å². The summed E-state index contributed by atoms with van der Waals surface area (Å²) in [5.41, 5.74) is 0. The Hall–Kier alpha value is 0.160. The fourth-order valence-corrected chi connectivity index (χ4v) is 1.83. The Morgan fingerprint density at radius 3 is 2.64 bits per heavy atom. The molecule has 0 aromatic heterocycles. The van der Waals surface area contributed by atoms with Gasteiger partial charge in [-0.1, -0.05) is 12.8 Å². The summed E-state index contributed by atoms with van der Waals surface area (Å²) in [5.74, 6) is 0. The van der Waals surface area contributed by atoms with Gasteiger partial charge in [-0.2, -0.15) is 0 Å². The summed E-state index contributed by atoms with van der Waals surface area (Å²) < 4.78 is -0.0754. The van der Waals surface area contributed by atoms with Crippen molar-refractivity contribution in [3.63, 3.8) is 0 Å². The van der Waals surface area contributed by atoms with Crippen LogP contribution in [0.2, 0.25) is 0 Å². The molecule has 0 heterocycles. The first-order valence-corrected chi connectivity index (χ1v) is 4.92. The highest BCUT2D eigenvalue weighted by Crippen LogP contribution is 2.18. The molecule has 3 nitrogen and oxygen atoms in total. The molecule has 11 heavy (non-hydrogen) atoms. The molecule has 0 bridgehead atoms. The Morgan fingerprint density at radius 2 is 2.09 bits per heavy atom. The number of aliphatic hydroxyl groups is 1. The summed E-state index contributed by atoms with van der Waals surface area (Å²) in [6.45, 7) is 0. The number of aliphatic hydroxyl groups excluding tert-OH is 1. The molecule has 64 valence electrons. The Morgan fingerprint density at radius 1 is 1.45 bits per heavy atom. The summed E-state index contributed by atoms with van der Waals surface area (Å²) >= 11 is 1.69. The SMILES string of the molecule is O=C(I)N[C@@H]1CCCC[C@H]1O. The second-order valence-corrected chi connectivity index (χ2v) is 3.86. The molecular weight excluding hydrogens is 257 g/mol. The van der Waals surface area contributed by atoms with Crippen molar-refractivity contribution in [2.75, 3.05) is 0 Å². The minimum atomic E-state index is -0.331. The maximum absolute atomic E-state index is 10.6. The van der Waals surface area contributed by atoms with Gasteiger partial charge < -0.3 is 10.4 Å². The lowest BCUT2D eigenvalue weighted by Gasteiger charge is -2.27. The van der Waals surface area contributed by atoms with E-state index >= 15 is 0 Å². The van der Waals surface area contributed by atoms with Crippen LogP contribution in [0.3, 0.4) is 0 Å². The molecule has 2 N–H and O–H groups in total. The molecule has 0 aromatic carbocycles. The number of hydrogen-bond acceptors (Lipinski definition) is 2. The predicted molar refractivity (Wildman–Crippen MR) is 50.8 cm³/mol. The van der Waals surface area contributed by atoms with Gasteiger partial charge in [0, 0.05) is 22.6 Å². The molecule has 1 aliphatic carbocycles. The molecule has 1 aliphatic rings. The van der Waals surface area contributed by atoms with E-state index in [-0.39, 0.29) is 16.1 Å². The van der Waals surface area contributed by atoms with Crippen LogP contribution in [-0.2, 0) is 0 Å². The first kappa shape index (κ1) is 9.25. The molecule has 0 radical (unpaired) electrons. The second-order valence-electron chi connectivity index (χ2n) is 2.88. The van der Waals surface area contributed by atoms with E-state index in [4.69, 9.17) is 0 Å². The molecule has 2 atom stereocenters. The van der Waals surface area contributed by atoms with Crippen LogP contribution in [0, 0.1) is 0 Å². The Labute approximate surface area is 79.7 Å². The Balaban J connectivity index is 2.35. The number of amides is 1. The van der Waals surface area contributed by atoms with Gasteiger partial charge in [-0.15, -0.1) is 0 Å². The standard InChI is InChI=1S/C7H12INO2/c8-7(11)9-5-3-1-2-4-6(5)10/h5-6,10H,1-4H2,(H,9,11)/t5-,6-/m1/s1. The van der Waals surface area contributed by atoms with Crippen molar-refractivity contribution in [1.29, 1.82) is 0 Å². The number of carbonyl (C=O) groups is 1. The highest BCUT2D eigenvalue weighted by Gasteiger charge is 2.23. The lowest BCUT2D eigenvalue weighted by Crippen LogP contribution is -2.42. The Bertz CT molecular complexity index is 151. The molecule has 1 amide bonds. The van der Waals surface area contributed by atoms with E-state index in [2.05, 4.69) is 5.32 Å². The van der Waals surface area contributed by atoms with Gasteiger partial charge in [-0.3, -0.25) is 4.79 Å². The van der Waals surface area contributed by atoms with Crippen LogP contribution < -0.4 is 5.32 Å². The van der Waals surface area contributed by atoms with Crippen LogP contribution in [0.25, 0.3) is 0 Å². The Kier molecular flexibility index (Phi) is 3.58. The van der Waals surface area contributed by atoms with Gasteiger partial charge in [0.15, 0.2) is 0 Å². The molecule has 0 aliphatic heterocycles. The quantitative estimate of drug-likeness (QED) is 0.430. The average molecular weight is 269 g/mol.